The molecule has 1 aliphatic rings. The van der Waals surface area contributed by atoms with Gasteiger partial charge in [-0.1, -0.05) is 13.8 Å². The molecule has 1 saturated heterocycles. The van der Waals surface area contributed by atoms with E-state index in [0.717, 1.165) is 30.0 Å². The molecule has 1 N–H and O–H groups in total. The zero-order valence-electron chi connectivity index (χ0n) is 11.1. The van der Waals surface area contributed by atoms with E-state index in [0.29, 0.717) is 6.04 Å². The van der Waals surface area contributed by atoms with E-state index in [2.05, 4.69) is 37.9 Å². The molecule has 1 fully saturated rings. The second-order valence-electron chi connectivity index (χ2n) is 5.53. The largest absolute Gasteiger partial charge is 0.360 e. The fourth-order valence-electron chi connectivity index (χ4n) is 2.33. The molecule has 0 spiro atoms. The van der Waals surface area contributed by atoms with Crippen molar-refractivity contribution in [1.82, 2.24) is 10.2 Å². The summed E-state index contributed by atoms with van der Waals surface area (Å²) in [6, 6.07) is 0.441. The van der Waals surface area contributed by atoms with E-state index in [4.69, 9.17) is 12.2 Å². The lowest BCUT2D eigenvalue weighted by Crippen LogP contribution is -2.43. The van der Waals surface area contributed by atoms with Crippen molar-refractivity contribution < 1.29 is 0 Å². The van der Waals surface area contributed by atoms with E-state index in [-0.39, 0.29) is 0 Å². The summed E-state index contributed by atoms with van der Waals surface area (Å²) in [7, 11) is 0. The lowest BCUT2D eigenvalue weighted by Gasteiger charge is -2.26. The average Bonchev–Trinajstić information content (AvgIpc) is 2.41. The van der Waals surface area contributed by atoms with E-state index >= 15 is 0 Å². The van der Waals surface area contributed by atoms with Gasteiger partial charge in [0.25, 0.3) is 0 Å². The highest BCUT2D eigenvalue weighted by atomic mass is 32.1. The van der Waals surface area contributed by atoms with Gasteiger partial charge in [0.05, 0.1) is 0 Å². The normalized spacial score (nSPS) is 22.4. The Balaban J connectivity index is 2.43. The fraction of sp³-hybridized carbons (Fsp3) is 0.923. The van der Waals surface area contributed by atoms with Crippen LogP contribution in [-0.4, -0.2) is 29.1 Å². The molecular weight excluding hydrogens is 216 g/mol. The first-order valence-corrected chi connectivity index (χ1v) is 6.97. The van der Waals surface area contributed by atoms with E-state index in [1.165, 1.54) is 19.3 Å². The first-order valence-electron chi connectivity index (χ1n) is 6.56. The second kappa shape index (κ2) is 6.43. The molecule has 1 rings (SSSR count). The summed E-state index contributed by atoms with van der Waals surface area (Å²) in [6.45, 7) is 11.2. The van der Waals surface area contributed by atoms with Crippen LogP contribution in [0.4, 0.5) is 0 Å². The van der Waals surface area contributed by atoms with Crippen LogP contribution >= 0.6 is 12.2 Å². The Morgan fingerprint density at radius 2 is 1.88 bits per heavy atom. The van der Waals surface area contributed by atoms with Crippen molar-refractivity contribution in [1.29, 1.82) is 0 Å². The third-order valence-corrected chi connectivity index (χ3v) is 3.79. The Morgan fingerprint density at radius 1 is 1.19 bits per heavy atom. The molecule has 16 heavy (non-hydrogen) atoms. The van der Waals surface area contributed by atoms with Crippen molar-refractivity contribution in [2.75, 3.05) is 13.1 Å². The van der Waals surface area contributed by atoms with Crippen LogP contribution in [-0.2, 0) is 0 Å². The minimum absolute atomic E-state index is 0.441. The third-order valence-electron chi connectivity index (χ3n) is 3.41. The molecule has 1 aliphatic heterocycles. The lowest BCUT2D eigenvalue weighted by molar-refractivity contribution is 0.339. The van der Waals surface area contributed by atoms with Crippen molar-refractivity contribution >= 4 is 17.3 Å². The zero-order chi connectivity index (χ0) is 12.1. The van der Waals surface area contributed by atoms with Gasteiger partial charge in [-0.3, -0.25) is 0 Å². The van der Waals surface area contributed by atoms with Gasteiger partial charge in [0.1, 0.15) is 0 Å². The Kier molecular flexibility index (Phi) is 5.53. The molecular formula is C13H26N2S. The molecule has 94 valence electrons. The molecule has 1 unspecified atom stereocenters. The summed E-state index contributed by atoms with van der Waals surface area (Å²) in [4.78, 5) is 2.34. The number of nitrogens with zero attached hydrogens (tertiary/aromatic N) is 1. The molecule has 0 aromatic heterocycles. The van der Waals surface area contributed by atoms with Gasteiger partial charge in [-0.25, -0.2) is 0 Å². The number of hydrogen-bond acceptors (Lipinski definition) is 1. The smallest absolute Gasteiger partial charge is 0.169 e. The molecule has 1 heterocycles. The number of rotatable bonds is 2. The summed E-state index contributed by atoms with van der Waals surface area (Å²) in [5.41, 5.74) is 0. The van der Waals surface area contributed by atoms with Gasteiger partial charge in [-0.15, -0.1) is 0 Å². The Morgan fingerprint density at radius 3 is 2.44 bits per heavy atom. The Hall–Kier alpha value is -0.310. The van der Waals surface area contributed by atoms with Crippen LogP contribution in [0.3, 0.4) is 0 Å². The summed E-state index contributed by atoms with van der Waals surface area (Å²) >= 11 is 5.43. The summed E-state index contributed by atoms with van der Waals surface area (Å²) in [5, 5.41) is 4.29. The monoisotopic (exact) mass is 242 g/mol. The predicted octanol–water partition coefficient (Wildman–Crippen LogP) is 3.03. The number of hydrogen-bond donors (Lipinski definition) is 1. The minimum Gasteiger partial charge on any atom is -0.360 e. The van der Waals surface area contributed by atoms with Gasteiger partial charge < -0.3 is 10.2 Å². The zero-order valence-corrected chi connectivity index (χ0v) is 11.9. The van der Waals surface area contributed by atoms with Crippen LogP contribution in [0.5, 0.6) is 0 Å². The SMILES string of the molecule is CC(C)NC(=S)N1CCCC(C(C)C)CC1. The number of thiocarbonyl (C=S) groups is 1. The minimum atomic E-state index is 0.441. The van der Waals surface area contributed by atoms with Crippen LogP contribution < -0.4 is 5.32 Å². The highest BCUT2D eigenvalue weighted by molar-refractivity contribution is 7.80. The summed E-state index contributed by atoms with van der Waals surface area (Å²) in [5.74, 6) is 1.69. The highest BCUT2D eigenvalue weighted by Crippen LogP contribution is 2.24. The van der Waals surface area contributed by atoms with Crippen molar-refractivity contribution in [3.63, 3.8) is 0 Å². The molecule has 2 nitrogen and oxygen atoms in total. The standard InChI is InChI=1S/C13H26N2S/c1-10(2)12-6-5-8-15(9-7-12)13(16)14-11(3)4/h10-12H,5-9H2,1-4H3,(H,14,16). The van der Waals surface area contributed by atoms with E-state index in [1.807, 2.05) is 0 Å². The van der Waals surface area contributed by atoms with Crippen molar-refractivity contribution in [3.05, 3.63) is 0 Å². The molecule has 1 atom stereocenters. The van der Waals surface area contributed by atoms with E-state index in [1.54, 1.807) is 0 Å². The molecule has 0 aliphatic carbocycles. The van der Waals surface area contributed by atoms with E-state index in [9.17, 15) is 0 Å². The first kappa shape index (κ1) is 13.8. The molecule has 0 aromatic carbocycles. The fourth-order valence-corrected chi connectivity index (χ4v) is 2.75. The maximum absolute atomic E-state index is 5.43. The quantitative estimate of drug-likeness (QED) is 0.749. The maximum atomic E-state index is 5.43. The van der Waals surface area contributed by atoms with Crippen LogP contribution in [0.2, 0.25) is 0 Å². The van der Waals surface area contributed by atoms with Gasteiger partial charge in [-0.05, 0) is 57.2 Å². The third kappa shape index (κ3) is 4.28. The van der Waals surface area contributed by atoms with Gasteiger partial charge in [0.15, 0.2) is 5.11 Å². The highest BCUT2D eigenvalue weighted by Gasteiger charge is 2.20. The Labute approximate surface area is 106 Å². The van der Waals surface area contributed by atoms with Crippen LogP contribution in [0, 0.1) is 11.8 Å². The van der Waals surface area contributed by atoms with Crippen LogP contribution in [0.1, 0.15) is 47.0 Å². The summed E-state index contributed by atoms with van der Waals surface area (Å²) < 4.78 is 0. The molecule has 0 saturated carbocycles. The number of nitrogens with one attached hydrogen (secondary N) is 1. The van der Waals surface area contributed by atoms with E-state index < -0.39 is 0 Å². The molecule has 0 amide bonds. The van der Waals surface area contributed by atoms with Crippen LogP contribution in [0.25, 0.3) is 0 Å². The average molecular weight is 242 g/mol. The van der Waals surface area contributed by atoms with Gasteiger partial charge in [0.2, 0.25) is 0 Å². The molecule has 0 radical (unpaired) electrons. The van der Waals surface area contributed by atoms with Gasteiger partial charge in [-0.2, -0.15) is 0 Å². The van der Waals surface area contributed by atoms with Crippen molar-refractivity contribution in [3.8, 4) is 0 Å². The lowest BCUT2D eigenvalue weighted by atomic mass is 9.89. The first-order chi connectivity index (χ1) is 7.50. The predicted molar refractivity (Wildman–Crippen MR) is 74.6 cm³/mol. The molecule has 0 aromatic rings. The van der Waals surface area contributed by atoms with Crippen molar-refractivity contribution in [2.45, 2.75) is 53.0 Å². The summed E-state index contributed by atoms with van der Waals surface area (Å²) in [6.07, 6.45) is 3.93. The Bertz CT molecular complexity index is 226. The van der Waals surface area contributed by atoms with Gasteiger partial charge in [0, 0.05) is 19.1 Å². The van der Waals surface area contributed by atoms with Gasteiger partial charge >= 0.3 is 0 Å². The van der Waals surface area contributed by atoms with Crippen LogP contribution in [0.15, 0.2) is 0 Å². The second-order valence-corrected chi connectivity index (χ2v) is 5.91. The molecule has 0 bridgehead atoms. The molecule has 3 heteroatoms. The number of likely N-dealkylation sites (tertiary alicyclic amines) is 1. The maximum Gasteiger partial charge on any atom is 0.169 e. The topological polar surface area (TPSA) is 15.3 Å². The van der Waals surface area contributed by atoms with Crippen molar-refractivity contribution in [2.24, 2.45) is 11.8 Å².